The van der Waals surface area contributed by atoms with E-state index in [1.165, 1.54) is 0 Å². The van der Waals surface area contributed by atoms with Crippen molar-refractivity contribution in [1.82, 2.24) is 4.90 Å². The molecule has 1 saturated carbocycles. The maximum atomic E-state index is 12.8. The number of carbonyl (C=O) groups excluding carboxylic acids is 2. The van der Waals surface area contributed by atoms with E-state index in [1.54, 1.807) is 0 Å². The van der Waals surface area contributed by atoms with Crippen LogP contribution in [0.2, 0.25) is 0 Å². The fraction of sp³-hybridized carbons (Fsp3) is 0.737. The summed E-state index contributed by atoms with van der Waals surface area (Å²) in [7, 11) is 0. The van der Waals surface area contributed by atoms with Crippen LogP contribution in [0.3, 0.4) is 0 Å². The van der Waals surface area contributed by atoms with Gasteiger partial charge in [0.15, 0.2) is 0 Å². The number of likely N-dealkylation sites (tertiary alicyclic amines) is 1. The number of nitrogens with zero attached hydrogens (tertiary/aromatic N) is 1. The number of esters is 1. The van der Waals surface area contributed by atoms with Crippen LogP contribution in [0.15, 0.2) is 12.2 Å². The van der Waals surface area contributed by atoms with Crippen LogP contribution in [0, 0.1) is 23.2 Å². The molecule has 1 N–H and O–H groups in total. The molecule has 3 rings (SSSR count). The maximum Gasteiger partial charge on any atom is 0.306 e. The van der Waals surface area contributed by atoms with Gasteiger partial charge in [-0.05, 0) is 37.5 Å². The number of allylic oxidation sites excluding steroid dienone is 2. The summed E-state index contributed by atoms with van der Waals surface area (Å²) in [6.07, 6.45) is 7.38. The van der Waals surface area contributed by atoms with Crippen LogP contribution >= 0.6 is 0 Å². The van der Waals surface area contributed by atoms with Crippen molar-refractivity contribution in [2.45, 2.75) is 45.4 Å². The first-order chi connectivity index (χ1) is 12.4. The molecule has 3 atom stereocenters. The zero-order valence-corrected chi connectivity index (χ0v) is 14.5. The van der Waals surface area contributed by atoms with Crippen LogP contribution in [0.4, 0.5) is 0 Å². The highest BCUT2D eigenvalue weighted by atomic mass is 16.5. The average molecular weight is 351 g/mol. The number of piperidine rings is 1. The van der Waals surface area contributed by atoms with Crippen LogP contribution in [0.5, 0.6) is 0 Å². The zero-order valence-electron chi connectivity index (χ0n) is 15.5. The van der Waals surface area contributed by atoms with Crippen molar-refractivity contribution in [3.8, 4) is 0 Å². The highest BCUT2D eigenvalue weighted by molar-refractivity contribution is 5.80. The van der Waals surface area contributed by atoms with E-state index in [1.807, 2.05) is 4.90 Å². The monoisotopic (exact) mass is 351 g/mol. The molecule has 3 aliphatic rings. The first-order valence-corrected chi connectivity index (χ1v) is 9.06. The van der Waals surface area contributed by atoms with Crippen molar-refractivity contribution in [3.05, 3.63) is 12.2 Å². The number of amides is 1. The van der Waals surface area contributed by atoms with Crippen LogP contribution in [-0.4, -0.2) is 47.5 Å². The van der Waals surface area contributed by atoms with Crippen molar-refractivity contribution in [2.24, 2.45) is 23.2 Å². The zero-order chi connectivity index (χ0) is 18.7. The molecule has 0 radical (unpaired) electrons. The van der Waals surface area contributed by atoms with E-state index >= 15 is 0 Å². The van der Waals surface area contributed by atoms with Crippen LogP contribution in [-0.2, 0) is 19.1 Å². The molecule has 6 nitrogen and oxygen atoms in total. The number of rotatable bonds is 6. The van der Waals surface area contributed by atoms with E-state index in [0.717, 1.165) is 12.8 Å². The van der Waals surface area contributed by atoms with Gasteiger partial charge in [0.1, 0.15) is 0 Å². The molecule has 25 heavy (non-hydrogen) atoms. The van der Waals surface area contributed by atoms with Crippen molar-refractivity contribution in [1.29, 1.82) is 0 Å². The number of hydrogen-bond donors (Lipinski definition) is 1. The summed E-state index contributed by atoms with van der Waals surface area (Å²) >= 11 is 0. The maximum absolute atomic E-state index is 12.8. The SMILES string of the molecule is [3H]CC1(COC(=O)CCC(=O)O)CCN(C(=O)C2CC3C=CC2C3)CC1. The van der Waals surface area contributed by atoms with Gasteiger partial charge in [-0.1, -0.05) is 19.1 Å². The molecule has 0 aromatic carbocycles. The Morgan fingerprint density at radius 2 is 2.00 bits per heavy atom. The number of carbonyl (C=O) groups is 3. The Balaban J connectivity index is 1.47. The molecule has 1 aliphatic heterocycles. The minimum atomic E-state index is -1.03. The fourth-order valence-electron chi connectivity index (χ4n) is 4.16. The number of ether oxygens (including phenoxy) is 1. The van der Waals surface area contributed by atoms with E-state index in [4.69, 9.17) is 11.2 Å². The third-order valence-electron chi connectivity index (χ3n) is 5.81. The molecule has 2 aliphatic carbocycles. The van der Waals surface area contributed by atoms with Gasteiger partial charge < -0.3 is 14.7 Å². The molecule has 0 aromatic heterocycles. The highest BCUT2D eigenvalue weighted by Crippen LogP contribution is 2.44. The standard InChI is InChI=1S/C19H27NO5/c1-19(12-25-17(23)5-4-16(21)22)6-8-20(9-7-19)18(24)15-11-13-2-3-14(15)10-13/h2-3,13-15H,4-12H2,1H3,(H,21,22)/i1T. The van der Waals surface area contributed by atoms with Gasteiger partial charge in [-0.15, -0.1) is 0 Å². The molecule has 138 valence electrons. The second kappa shape index (κ2) is 7.18. The Bertz CT molecular complexity index is 597. The highest BCUT2D eigenvalue weighted by Gasteiger charge is 2.43. The number of carboxylic acid groups (broad SMARTS) is 1. The summed E-state index contributed by atoms with van der Waals surface area (Å²) in [5, 5.41) is 8.61. The second-order valence-corrected chi connectivity index (χ2v) is 7.77. The molecule has 1 heterocycles. The van der Waals surface area contributed by atoms with Gasteiger partial charge in [-0.3, -0.25) is 14.4 Å². The summed E-state index contributed by atoms with van der Waals surface area (Å²) in [5.74, 6) is -0.255. The molecule has 1 amide bonds. The Labute approximate surface area is 149 Å². The predicted octanol–water partition coefficient (Wildman–Crippen LogP) is 2.24. The molecular weight excluding hydrogens is 322 g/mol. The van der Waals surface area contributed by atoms with E-state index < -0.39 is 17.4 Å². The van der Waals surface area contributed by atoms with Gasteiger partial charge in [0, 0.05) is 25.8 Å². The molecule has 3 unspecified atom stereocenters. The normalized spacial score (nSPS) is 30.2. The lowest BCUT2D eigenvalue weighted by Gasteiger charge is -2.40. The Morgan fingerprint density at radius 3 is 2.56 bits per heavy atom. The lowest BCUT2D eigenvalue weighted by molar-refractivity contribution is -0.152. The molecule has 2 bridgehead atoms. The van der Waals surface area contributed by atoms with Gasteiger partial charge in [0.25, 0.3) is 0 Å². The van der Waals surface area contributed by atoms with Gasteiger partial charge in [-0.2, -0.15) is 0 Å². The summed E-state index contributed by atoms with van der Waals surface area (Å²) in [6.45, 7) is 1.47. The minimum Gasteiger partial charge on any atom is -0.481 e. The molecule has 2 fully saturated rings. The van der Waals surface area contributed by atoms with Crippen molar-refractivity contribution < 1.29 is 25.6 Å². The smallest absolute Gasteiger partial charge is 0.306 e. The summed E-state index contributed by atoms with van der Waals surface area (Å²) in [5.41, 5.74) is -0.426. The third kappa shape index (κ3) is 4.22. The van der Waals surface area contributed by atoms with Crippen LogP contribution in [0.1, 0.15) is 46.8 Å². The number of carboxylic acids is 1. The average Bonchev–Trinajstić information content (AvgIpc) is 3.28. The fourth-order valence-corrected chi connectivity index (χ4v) is 4.16. The van der Waals surface area contributed by atoms with Gasteiger partial charge in [0.05, 0.1) is 19.4 Å². The molecule has 0 spiro atoms. The lowest BCUT2D eigenvalue weighted by Crippen LogP contribution is -2.46. The summed E-state index contributed by atoms with van der Waals surface area (Å²) in [6, 6.07) is 0. The topological polar surface area (TPSA) is 83.9 Å². The summed E-state index contributed by atoms with van der Waals surface area (Å²) in [4.78, 5) is 36.9. The molecule has 0 aromatic rings. The van der Waals surface area contributed by atoms with Crippen molar-refractivity contribution in [3.63, 3.8) is 0 Å². The van der Waals surface area contributed by atoms with E-state index in [-0.39, 0.29) is 38.2 Å². The Hall–Kier alpha value is -1.85. The van der Waals surface area contributed by atoms with Gasteiger partial charge >= 0.3 is 11.9 Å². The number of fused-ring (bicyclic) bond motifs is 2. The molecule has 1 saturated heterocycles. The van der Waals surface area contributed by atoms with Gasteiger partial charge in [-0.25, -0.2) is 0 Å². The lowest BCUT2D eigenvalue weighted by atomic mass is 9.80. The quantitative estimate of drug-likeness (QED) is 0.586. The van der Waals surface area contributed by atoms with Crippen molar-refractivity contribution in [2.75, 3.05) is 19.7 Å². The first kappa shape index (κ1) is 16.6. The van der Waals surface area contributed by atoms with E-state index in [2.05, 4.69) is 12.2 Å². The molecular formula is C19H27NO5. The Kier molecular flexibility index (Phi) is 4.77. The number of hydrogen-bond acceptors (Lipinski definition) is 4. The first-order valence-electron chi connectivity index (χ1n) is 9.77. The van der Waals surface area contributed by atoms with Crippen molar-refractivity contribution >= 4 is 17.8 Å². The predicted molar refractivity (Wildman–Crippen MR) is 90.6 cm³/mol. The minimum absolute atomic E-state index is 0.113. The van der Waals surface area contributed by atoms with E-state index in [0.29, 0.717) is 37.8 Å². The molecule has 6 heteroatoms. The van der Waals surface area contributed by atoms with Gasteiger partial charge in [0.2, 0.25) is 5.91 Å². The number of aliphatic carboxylic acids is 1. The van der Waals surface area contributed by atoms with Crippen LogP contribution in [0.25, 0.3) is 0 Å². The van der Waals surface area contributed by atoms with E-state index in [9.17, 15) is 14.4 Å². The Morgan fingerprint density at radius 1 is 1.24 bits per heavy atom. The van der Waals surface area contributed by atoms with Crippen LogP contribution < -0.4 is 0 Å². The summed E-state index contributed by atoms with van der Waals surface area (Å²) < 4.78 is 13.1. The second-order valence-electron chi connectivity index (χ2n) is 7.77. The largest absolute Gasteiger partial charge is 0.481 e. The third-order valence-corrected chi connectivity index (χ3v) is 5.81.